The quantitative estimate of drug-likeness (QED) is 0.886. The van der Waals surface area contributed by atoms with E-state index in [1.807, 2.05) is 24.3 Å². The van der Waals surface area contributed by atoms with Gasteiger partial charge in [0.15, 0.2) is 0 Å². The average Bonchev–Trinajstić information content (AvgIpc) is 2.89. The van der Waals surface area contributed by atoms with E-state index in [-0.39, 0.29) is 5.91 Å². The maximum atomic E-state index is 12.0. The molecule has 2 N–H and O–H groups in total. The largest absolute Gasteiger partial charge is 0.325 e. The number of amides is 1. The van der Waals surface area contributed by atoms with Gasteiger partial charge in [0.2, 0.25) is 5.91 Å². The number of halogens is 1. The number of nitrogens with one attached hydrogen (secondary N) is 2. The summed E-state index contributed by atoms with van der Waals surface area (Å²) >= 11 is 3.40. The number of likely N-dealkylation sites (tertiary alicyclic amines) is 1. The first kappa shape index (κ1) is 13.1. The van der Waals surface area contributed by atoms with Crippen LogP contribution in [0.4, 0.5) is 5.69 Å². The SMILES string of the molecule is O=C(CN1CC2CNCC2C1)Nc1cccc(Br)c1. The molecule has 3 rings (SSSR count). The molecule has 0 spiro atoms. The normalized spacial score (nSPS) is 26.4. The van der Waals surface area contributed by atoms with Crippen molar-refractivity contribution in [2.45, 2.75) is 0 Å². The number of rotatable bonds is 3. The van der Waals surface area contributed by atoms with Crippen molar-refractivity contribution in [3.63, 3.8) is 0 Å². The van der Waals surface area contributed by atoms with Gasteiger partial charge in [0.25, 0.3) is 0 Å². The Bertz CT molecular complexity index is 468. The Hall–Kier alpha value is -0.910. The van der Waals surface area contributed by atoms with Crippen LogP contribution in [0, 0.1) is 11.8 Å². The molecule has 0 aromatic heterocycles. The summed E-state index contributed by atoms with van der Waals surface area (Å²) in [6.07, 6.45) is 0. The van der Waals surface area contributed by atoms with E-state index >= 15 is 0 Å². The van der Waals surface area contributed by atoms with Gasteiger partial charge in [-0.1, -0.05) is 22.0 Å². The molecule has 1 aromatic carbocycles. The predicted molar refractivity (Wildman–Crippen MR) is 79.1 cm³/mol. The first-order chi connectivity index (χ1) is 9.20. The highest BCUT2D eigenvalue weighted by molar-refractivity contribution is 9.10. The van der Waals surface area contributed by atoms with E-state index in [2.05, 4.69) is 31.5 Å². The molecule has 2 atom stereocenters. The van der Waals surface area contributed by atoms with Gasteiger partial charge in [0.1, 0.15) is 0 Å². The number of hydrogen-bond donors (Lipinski definition) is 2. The summed E-state index contributed by atoms with van der Waals surface area (Å²) in [5.74, 6) is 1.54. The fraction of sp³-hybridized carbons (Fsp3) is 0.500. The Morgan fingerprint density at radius 3 is 2.79 bits per heavy atom. The van der Waals surface area contributed by atoms with Crippen LogP contribution >= 0.6 is 15.9 Å². The molecule has 2 heterocycles. The van der Waals surface area contributed by atoms with Gasteiger partial charge in [0, 0.05) is 23.2 Å². The fourth-order valence-electron chi connectivity index (χ4n) is 3.05. The second-order valence-electron chi connectivity index (χ2n) is 5.43. The van der Waals surface area contributed by atoms with Crippen molar-refractivity contribution < 1.29 is 4.79 Å². The minimum atomic E-state index is 0.0750. The lowest BCUT2D eigenvalue weighted by Crippen LogP contribution is -2.33. The molecule has 1 amide bonds. The lowest BCUT2D eigenvalue weighted by molar-refractivity contribution is -0.117. The highest BCUT2D eigenvalue weighted by Gasteiger charge is 2.36. The van der Waals surface area contributed by atoms with Crippen LogP contribution < -0.4 is 10.6 Å². The third-order valence-electron chi connectivity index (χ3n) is 3.94. The Morgan fingerprint density at radius 2 is 2.11 bits per heavy atom. The second-order valence-corrected chi connectivity index (χ2v) is 6.35. The molecule has 4 nitrogen and oxygen atoms in total. The van der Waals surface area contributed by atoms with Crippen molar-refractivity contribution >= 4 is 27.5 Å². The van der Waals surface area contributed by atoms with Crippen LogP contribution in [-0.4, -0.2) is 43.5 Å². The van der Waals surface area contributed by atoms with Gasteiger partial charge in [0.05, 0.1) is 6.54 Å². The zero-order valence-electron chi connectivity index (χ0n) is 10.7. The Labute approximate surface area is 121 Å². The van der Waals surface area contributed by atoms with Crippen LogP contribution in [0.2, 0.25) is 0 Å². The number of carbonyl (C=O) groups excluding carboxylic acids is 1. The van der Waals surface area contributed by atoms with Crippen LogP contribution in [0.5, 0.6) is 0 Å². The van der Waals surface area contributed by atoms with Crippen LogP contribution in [-0.2, 0) is 4.79 Å². The van der Waals surface area contributed by atoms with Crippen molar-refractivity contribution in [2.75, 3.05) is 38.0 Å². The number of benzene rings is 1. The van der Waals surface area contributed by atoms with Gasteiger partial charge in [-0.05, 0) is 43.1 Å². The highest BCUT2D eigenvalue weighted by Crippen LogP contribution is 2.26. The molecule has 0 radical (unpaired) electrons. The third-order valence-corrected chi connectivity index (χ3v) is 4.43. The van der Waals surface area contributed by atoms with Crippen molar-refractivity contribution in [3.8, 4) is 0 Å². The number of hydrogen-bond acceptors (Lipinski definition) is 3. The summed E-state index contributed by atoms with van der Waals surface area (Å²) in [6, 6.07) is 7.70. The molecule has 2 aliphatic rings. The summed E-state index contributed by atoms with van der Waals surface area (Å²) in [5, 5.41) is 6.36. The molecule has 2 unspecified atom stereocenters. The number of carbonyl (C=O) groups is 1. The Balaban J connectivity index is 1.52. The van der Waals surface area contributed by atoms with Crippen molar-refractivity contribution in [1.82, 2.24) is 10.2 Å². The summed E-state index contributed by atoms with van der Waals surface area (Å²) < 4.78 is 0.979. The van der Waals surface area contributed by atoms with Gasteiger partial charge in [-0.3, -0.25) is 9.69 Å². The molecule has 2 aliphatic heterocycles. The van der Waals surface area contributed by atoms with E-state index in [9.17, 15) is 4.79 Å². The van der Waals surface area contributed by atoms with Gasteiger partial charge < -0.3 is 10.6 Å². The van der Waals surface area contributed by atoms with Gasteiger partial charge in [-0.25, -0.2) is 0 Å². The Kier molecular flexibility index (Phi) is 3.86. The Morgan fingerprint density at radius 1 is 1.37 bits per heavy atom. The van der Waals surface area contributed by atoms with E-state index < -0.39 is 0 Å². The highest BCUT2D eigenvalue weighted by atomic mass is 79.9. The van der Waals surface area contributed by atoms with Gasteiger partial charge in [-0.2, -0.15) is 0 Å². The zero-order valence-corrected chi connectivity index (χ0v) is 12.3. The average molecular weight is 324 g/mol. The molecule has 0 bridgehead atoms. The lowest BCUT2D eigenvalue weighted by atomic mass is 10.0. The number of nitrogens with zero attached hydrogens (tertiary/aromatic N) is 1. The molecule has 2 fully saturated rings. The summed E-state index contributed by atoms with van der Waals surface area (Å²) in [7, 11) is 0. The number of anilines is 1. The van der Waals surface area contributed by atoms with Crippen LogP contribution in [0.25, 0.3) is 0 Å². The molecule has 19 heavy (non-hydrogen) atoms. The van der Waals surface area contributed by atoms with Crippen LogP contribution in [0.15, 0.2) is 28.7 Å². The van der Waals surface area contributed by atoms with E-state index in [1.165, 1.54) is 0 Å². The van der Waals surface area contributed by atoms with Crippen molar-refractivity contribution in [2.24, 2.45) is 11.8 Å². The zero-order chi connectivity index (χ0) is 13.2. The summed E-state index contributed by atoms with van der Waals surface area (Å²) in [5.41, 5.74) is 0.848. The molecule has 102 valence electrons. The molecule has 5 heteroatoms. The molecule has 2 saturated heterocycles. The fourth-order valence-corrected chi connectivity index (χ4v) is 3.45. The van der Waals surface area contributed by atoms with E-state index in [4.69, 9.17) is 0 Å². The molecule has 0 aliphatic carbocycles. The van der Waals surface area contributed by atoms with Crippen LogP contribution in [0.1, 0.15) is 0 Å². The first-order valence-electron chi connectivity index (χ1n) is 6.69. The maximum Gasteiger partial charge on any atom is 0.238 e. The van der Waals surface area contributed by atoms with Crippen molar-refractivity contribution in [1.29, 1.82) is 0 Å². The second kappa shape index (κ2) is 5.61. The topological polar surface area (TPSA) is 44.4 Å². The smallest absolute Gasteiger partial charge is 0.238 e. The monoisotopic (exact) mass is 323 g/mol. The van der Waals surface area contributed by atoms with Crippen LogP contribution in [0.3, 0.4) is 0 Å². The maximum absolute atomic E-state index is 12.0. The minimum absolute atomic E-state index is 0.0750. The van der Waals surface area contributed by atoms with Gasteiger partial charge in [-0.15, -0.1) is 0 Å². The summed E-state index contributed by atoms with van der Waals surface area (Å²) in [6.45, 7) is 4.80. The first-order valence-corrected chi connectivity index (χ1v) is 7.48. The van der Waals surface area contributed by atoms with E-state index in [1.54, 1.807) is 0 Å². The standard InChI is InChI=1S/C14H18BrN3O/c15-12-2-1-3-13(4-12)17-14(19)9-18-7-10-5-16-6-11(10)8-18/h1-4,10-11,16H,5-9H2,(H,17,19). The van der Waals surface area contributed by atoms with Crippen molar-refractivity contribution in [3.05, 3.63) is 28.7 Å². The van der Waals surface area contributed by atoms with Gasteiger partial charge >= 0.3 is 0 Å². The molecule has 0 saturated carbocycles. The lowest BCUT2D eigenvalue weighted by Gasteiger charge is -2.16. The molecular formula is C14H18BrN3O. The van der Waals surface area contributed by atoms with E-state index in [0.717, 1.165) is 48.2 Å². The minimum Gasteiger partial charge on any atom is -0.325 e. The molecular weight excluding hydrogens is 306 g/mol. The third kappa shape index (κ3) is 3.16. The number of fused-ring (bicyclic) bond motifs is 1. The predicted octanol–water partition coefficient (Wildman–Crippen LogP) is 1.54. The molecule has 1 aromatic rings. The summed E-state index contributed by atoms with van der Waals surface area (Å²) in [4.78, 5) is 14.3. The van der Waals surface area contributed by atoms with E-state index in [0.29, 0.717) is 6.54 Å².